The maximum absolute atomic E-state index is 5.25. The van der Waals surface area contributed by atoms with E-state index in [1.165, 1.54) is 24.0 Å². The predicted octanol–water partition coefficient (Wildman–Crippen LogP) is 3.90. The lowest BCUT2D eigenvalue weighted by Gasteiger charge is -2.33. The van der Waals surface area contributed by atoms with Crippen molar-refractivity contribution in [2.75, 3.05) is 13.7 Å². The first-order valence-corrected chi connectivity index (χ1v) is 7.31. The fourth-order valence-corrected chi connectivity index (χ4v) is 3.11. The van der Waals surface area contributed by atoms with Crippen LogP contribution in [0.4, 0.5) is 0 Å². The first-order valence-electron chi connectivity index (χ1n) is 7.31. The number of methoxy groups -OCH3 is 1. The molecule has 0 amide bonds. The first kappa shape index (κ1) is 13.2. The molecule has 20 heavy (non-hydrogen) atoms. The van der Waals surface area contributed by atoms with E-state index in [0.29, 0.717) is 12.0 Å². The van der Waals surface area contributed by atoms with Crippen LogP contribution < -0.4 is 10.1 Å². The molecule has 1 aliphatic rings. The molecule has 1 saturated heterocycles. The van der Waals surface area contributed by atoms with Crippen LogP contribution in [0.5, 0.6) is 5.75 Å². The summed E-state index contributed by atoms with van der Waals surface area (Å²) in [6, 6.07) is 19.7. The molecule has 3 rings (SSSR count). The molecule has 1 heterocycles. The van der Waals surface area contributed by atoms with Crippen molar-refractivity contribution >= 4 is 0 Å². The van der Waals surface area contributed by atoms with Gasteiger partial charge in [0.25, 0.3) is 0 Å². The molecule has 2 heteroatoms. The van der Waals surface area contributed by atoms with Crippen molar-refractivity contribution in [2.24, 2.45) is 0 Å². The van der Waals surface area contributed by atoms with Crippen molar-refractivity contribution < 1.29 is 4.74 Å². The van der Waals surface area contributed by atoms with E-state index in [1.807, 2.05) is 12.1 Å². The Labute approximate surface area is 120 Å². The topological polar surface area (TPSA) is 21.3 Å². The highest BCUT2D eigenvalue weighted by atomic mass is 16.5. The Kier molecular flexibility index (Phi) is 4.03. The minimum absolute atomic E-state index is 0.400. The summed E-state index contributed by atoms with van der Waals surface area (Å²) in [5.41, 5.74) is 2.78. The Morgan fingerprint density at radius 3 is 2.40 bits per heavy atom. The summed E-state index contributed by atoms with van der Waals surface area (Å²) < 4.78 is 5.25. The van der Waals surface area contributed by atoms with Crippen LogP contribution in [0.1, 0.15) is 35.9 Å². The molecule has 2 nitrogen and oxygen atoms in total. The zero-order valence-corrected chi connectivity index (χ0v) is 11.9. The molecule has 104 valence electrons. The molecule has 1 aliphatic heterocycles. The average Bonchev–Trinajstić information content (AvgIpc) is 2.56. The van der Waals surface area contributed by atoms with Crippen molar-refractivity contribution in [1.82, 2.24) is 5.32 Å². The summed E-state index contributed by atoms with van der Waals surface area (Å²) in [5.74, 6) is 1.47. The summed E-state index contributed by atoms with van der Waals surface area (Å²) >= 11 is 0. The van der Waals surface area contributed by atoms with E-state index in [9.17, 15) is 0 Å². The second kappa shape index (κ2) is 6.10. The van der Waals surface area contributed by atoms with Gasteiger partial charge in [0.05, 0.1) is 7.11 Å². The smallest absolute Gasteiger partial charge is 0.118 e. The van der Waals surface area contributed by atoms with Crippen molar-refractivity contribution in [3.8, 4) is 5.75 Å². The third-order valence-electron chi connectivity index (χ3n) is 4.16. The van der Waals surface area contributed by atoms with Gasteiger partial charge in [-0.3, -0.25) is 0 Å². The maximum atomic E-state index is 5.25. The molecule has 0 radical (unpaired) electrons. The van der Waals surface area contributed by atoms with Gasteiger partial charge in [-0.2, -0.15) is 0 Å². The van der Waals surface area contributed by atoms with Gasteiger partial charge in [-0.1, -0.05) is 42.5 Å². The van der Waals surface area contributed by atoms with Crippen LogP contribution in [0.25, 0.3) is 0 Å². The molecule has 0 spiro atoms. The van der Waals surface area contributed by atoms with Gasteiger partial charge in [-0.25, -0.2) is 0 Å². The van der Waals surface area contributed by atoms with Gasteiger partial charge in [-0.05, 0) is 42.6 Å². The number of rotatable bonds is 3. The quantitative estimate of drug-likeness (QED) is 0.910. The molecule has 1 N–H and O–H groups in total. The summed E-state index contributed by atoms with van der Waals surface area (Å²) in [5, 5.41) is 3.68. The second-order valence-corrected chi connectivity index (χ2v) is 5.36. The number of benzene rings is 2. The van der Waals surface area contributed by atoms with Crippen LogP contribution in [0.15, 0.2) is 54.6 Å². The highest BCUT2D eigenvalue weighted by Gasteiger charge is 2.27. The largest absolute Gasteiger partial charge is 0.497 e. The second-order valence-electron chi connectivity index (χ2n) is 5.36. The van der Waals surface area contributed by atoms with Gasteiger partial charge in [0.15, 0.2) is 0 Å². The monoisotopic (exact) mass is 267 g/mol. The number of hydrogen-bond donors (Lipinski definition) is 1. The third-order valence-corrected chi connectivity index (χ3v) is 4.16. The fourth-order valence-electron chi connectivity index (χ4n) is 3.11. The highest BCUT2D eigenvalue weighted by molar-refractivity contribution is 5.33. The number of nitrogens with one attached hydrogen (secondary N) is 1. The Bertz CT molecular complexity index is 535. The van der Waals surface area contributed by atoms with Crippen molar-refractivity contribution in [1.29, 1.82) is 0 Å². The highest BCUT2D eigenvalue weighted by Crippen LogP contribution is 2.37. The molecule has 2 atom stereocenters. The number of hydrogen-bond acceptors (Lipinski definition) is 2. The molecule has 2 aromatic rings. The first-order chi connectivity index (χ1) is 9.88. The van der Waals surface area contributed by atoms with E-state index in [2.05, 4.69) is 47.8 Å². The van der Waals surface area contributed by atoms with E-state index in [4.69, 9.17) is 4.74 Å². The van der Waals surface area contributed by atoms with Gasteiger partial charge in [0.2, 0.25) is 0 Å². The Hall–Kier alpha value is -1.80. The molecule has 0 aliphatic carbocycles. The minimum atomic E-state index is 0.400. The molecule has 1 fully saturated rings. The summed E-state index contributed by atoms with van der Waals surface area (Å²) in [4.78, 5) is 0. The summed E-state index contributed by atoms with van der Waals surface area (Å²) in [7, 11) is 1.71. The van der Waals surface area contributed by atoms with Gasteiger partial charge in [0.1, 0.15) is 5.75 Å². The van der Waals surface area contributed by atoms with Crippen molar-refractivity contribution in [2.45, 2.75) is 24.8 Å². The van der Waals surface area contributed by atoms with Crippen molar-refractivity contribution in [3.05, 3.63) is 65.7 Å². The van der Waals surface area contributed by atoms with E-state index in [0.717, 1.165) is 12.3 Å². The van der Waals surface area contributed by atoms with E-state index in [1.54, 1.807) is 7.11 Å². The van der Waals surface area contributed by atoms with Crippen LogP contribution >= 0.6 is 0 Å². The lowest BCUT2D eigenvalue weighted by atomic mass is 9.81. The van der Waals surface area contributed by atoms with E-state index >= 15 is 0 Å². The van der Waals surface area contributed by atoms with Gasteiger partial charge >= 0.3 is 0 Å². The zero-order valence-electron chi connectivity index (χ0n) is 11.9. The average molecular weight is 267 g/mol. The zero-order chi connectivity index (χ0) is 13.8. The van der Waals surface area contributed by atoms with E-state index in [-0.39, 0.29) is 0 Å². The van der Waals surface area contributed by atoms with Crippen LogP contribution in [0, 0.1) is 0 Å². The fraction of sp³-hybridized carbons (Fsp3) is 0.333. The molecule has 0 aromatic heterocycles. The lowest BCUT2D eigenvalue weighted by Crippen LogP contribution is -2.32. The van der Waals surface area contributed by atoms with Crippen LogP contribution in [-0.2, 0) is 0 Å². The number of piperidine rings is 1. The minimum Gasteiger partial charge on any atom is -0.497 e. The Balaban J connectivity index is 1.88. The molecule has 0 unspecified atom stereocenters. The van der Waals surface area contributed by atoms with Crippen LogP contribution in [0.3, 0.4) is 0 Å². The van der Waals surface area contributed by atoms with E-state index < -0.39 is 0 Å². The Morgan fingerprint density at radius 2 is 1.70 bits per heavy atom. The molecular weight excluding hydrogens is 246 g/mol. The molecule has 0 bridgehead atoms. The van der Waals surface area contributed by atoms with Crippen LogP contribution in [-0.4, -0.2) is 13.7 Å². The standard InChI is InChI=1S/C18H21NO/c1-20-16-11-9-15(10-12-16)18-17(8-5-13-19-18)14-6-3-2-4-7-14/h2-4,6-7,9-12,17-19H,5,8,13H2,1H3/t17-,18-/m1/s1. The Morgan fingerprint density at radius 1 is 0.950 bits per heavy atom. The summed E-state index contributed by atoms with van der Waals surface area (Å²) in [6.45, 7) is 1.10. The molecular formula is C18H21NO. The lowest BCUT2D eigenvalue weighted by molar-refractivity contribution is 0.358. The third kappa shape index (κ3) is 2.70. The normalized spacial score (nSPS) is 22.4. The van der Waals surface area contributed by atoms with Gasteiger partial charge in [0, 0.05) is 12.0 Å². The van der Waals surface area contributed by atoms with Crippen molar-refractivity contribution in [3.63, 3.8) is 0 Å². The molecule has 2 aromatic carbocycles. The SMILES string of the molecule is COc1ccc([C@H]2NCCC[C@@H]2c2ccccc2)cc1. The summed E-state index contributed by atoms with van der Waals surface area (Å²) in [6.07, 6.45) is 2.49. The van der Waals surface area contributed by atoms with Gasteiger partial charge in [-0.15, -0.1) is 0 Å². The van der Waals surface area contributed by atoms with Gasteiger partial charge < -0.3 is 10.1 Å². The number of ether oxygens (including phenoxy) is 1. The predicted molar refractivity (Wildman–Crippen MR) is 82.2 cm³/mol. The van der Waals surface area contributed by atoms with Crippen LogP contribution in [0.2, 0.25) is 0 Å². The maximum Gasteiger partial charge on any atom is 0.118 e. The molecule has 0 saturated carbocycles.